The zero-order chi connectivity index (χ0) is 15.1. The van der Waals surface area contributed by atoms with Gasteiger partial charge in [-0.1, -0.05) is 32.0 Å². The van der Waals surface area contributed by atoms with Crippen molar-refractivity contribution in [3.8, 4) is 0 Å². The summed E-state index contributed by atoms with van der Waals surface area (Å²) in [4.78, 5) is 27.6. The van der Waals surface area contributed by atoms with E-state index >= 15 is 0 Å². The van der Waals surface area contributed by atoms with Gasteiger partial charge in [0.2, 0.25) is 0 Å². The van der Waals surface area contributed by atoms with Crippen molar-refractivity contribution in [3.63, 3.8) is 0 Å². The van der Waals surface area contributed by atoms with Gasteiger partial charge in [0.1, 0.15) is 5.54 Å². The summed E-state index contributed by atoms with van der Waals surface area (Å²) in [5.41, 5.74) is -0.873. The predicted molar refractivity (Wildman–Crippen MR) is 71.8 cm³/mol. The van der Waals surface area contributed by atoms with Crippen LogP contribution in [-0.2, 0) is 4.79 Å². The Morgan fingerprint density at radius 3 is 2.45 bits per heavy atom. The van der Waals surface area contributed by atoms with E-state index in [2.05, 4.69) is 4.99 Å². The normalized spacial score (nSPS) is 22.4. The molecule has 106 valence electrons. The maximum Gasteiger partial charge on any atom is 0.336 e. The topological polar surface area (TPSA) is 90.2 Å². The quantitative estimate of drug-likeness (QED) is 0.823. The van der Waals surface area contributed by atoms with E-state index in [-0.39, 0.29) is 22.9 Å². The molecule has 1 amide bonds. The number of carbonyl (C=O) groups excluding carboxylic acids is 1. The fraction of sp³-hybridized carbons (Fsp3) is 0.357. The minimum Gasteiger partial charge on any atom is -0.478 e. The maximum atomic E-state index is 12.1. The van der Waals surface area contributed by atoms with Gasteiger partial charge in [-0.25, -0.2) is 9.79 Å². The molecule has 0 aromatic heterocycles. The van der Waals surface area contributed by atoms with Gasteiger partial charge in [0.05, 0.1) is 5.56 Å². The average Bonchev–Trinajstić information content (AvgIpc) is 2.64. The van der Waals surface area contributed by atoms with Crippen LogP contribution in [0.3, 0.4) is 0 Å². The minimum absolute atomic E-state index is 0.00824. The van der Waals surface area contributed by atoms with Crippen molar-refractivity contribution >= 4 is 17.7 Å². The first kappa shape index (κ1) is 14.2. The minimum atomic E-state index is -1.14. The van der Waals surface area contributed by atoms with E-state index in [0.29, 0.717) is 5.06 Å². The third-order valence-electron chi connectivity index (χ3n) is 3.69. The molecule has 0 saturated heterocycles. The number of hydroxylamine groups is 2. The summed E-state index contributed by atoms with van der Waals surface area (Å²) in [6.45, 7) is 5.27. The van der Waals surface area contributed by atoms with Crippen molar-refractivity contribution in [1.82, 2.24) is 5.06 Å². The van der Waals surface area contributed by atoms with Crippen molar-refractivity contribution in [2.75, 3.05) is 0 Å². The Labute approximate surface area is 116 Å². The van der Waals surface area contributed by atoms with Gasteiger partial charge in [-0.2, -0.15) is 5.06 Å². The van der Waals surface area contributed by atoms with Gasteiger partial charge in [0, 0.05) is 5.56 Å². The Morgan fingerprint density at radius 2 is 1.95 bits per heavy atom. The smallest absolute Gasteiger partial charge is 0.336 e. The zero-order valence-corrected chi connectivity index (χ0v) is 11.5. The van der Waals surface area contributed by atoms with Crippen LogP contribution in [0, 0.1) is 5.92 Å². The van der Waals surface area contributed by atoms with Crippen molar-refractivity contribution in [2.24, 2.45) is 10.9 Å². The lowest BCUT2D eigenvalue weighted by atomic mass is 9.89. The first-order chi connectivity index (χ1) is 9.29. The van der Waals surface area contributed by atoms with E-state index in [0.717, 1.165) is 0 Å². The lowest BCUT2D eigenvalue weighted by molar-refractivity contribution is -0.152. The standard InChI is InChI=1S/C14H16N2O4/c1-8(2)14(3)13(19)16(20)11(15-14)9-6-4-5-7-10(9)12(17)18/h4-8,20H,1-3H3,(H,17,18). The van der Waals surface area contributed by atoms with E-state index in [1.807, 2.05) is 13.8 Å². The third-order valence-corrected chi connectivity index (χ3v) is 3.69. The van der Waals surface area contributed by atoms with Crippen LogP contribution in [0.1, 0.15) is 36.7 Å². The molecule has 0 spiro atoms. The highest BCUT2D eigenvalue weighted by atomic mass is 16.5. The number of carbonyl (C=O) groups is 2. The lowest BCUT2D eigenvalue weighted by Gasteiger charge is -2.22. The van der Waals surface area contributed by atoms with Crippen LogP contribution in [0.15, 0.2) is 29.3 Å². The molecule has 1 aromatic rings. The maximum absolute atomic E-state index is 12.1. The fourth-order valence-corrected chi connectivity index (χ4v) is 2.04. The van der Waals surface area contributed by atoms with E-state index in [4.69, 9.17) is 0 Å². The number of amidine groups is 1. The summed E-state index contributed by atoms with van der Waals surface area (Å²) >= 11 is 0. The van der Waals surface area contributed by atoms with Crippen LogP contribution in [0.25, 0.3) is 0 Å². The van der Waals surface area contributed by atoms with E-state index in [9.17, 15) is 19.9 Å². The molecule has 6 heteroatoms. The molecule has 0 radical (unpaired) electrons. The van der Waals surface area contributed by atoms with Gasteiger partial charge < -0.3 is 5.11 Å². The number of carboxylic acids is 1. The molecular weight excluding hydrogens is 260 g/mol. The molecule has 2 N–H and O–H groups in total. The van der Waals surface area contributed by atoms with Gasteiger partial charge in [0.25, 0.3) is 5.91 Å². The summed E-state index contributed by atoms with van der Waals surface area (Å²) in [5.74, 6) is -1.84. The molecule has 2 rings (SSSR count). The second-order valence-corrected chi connectivity index (χ2v) is 5.21. The first-order valence-corrected chi connectivity index (χ1v) is 6.25. The molecular formula is C14H16N2O4. The van der Waals surface area contributed by atoms with Crippen LogP contribution in [-0.4, -0.2) is 38.6 Å². The number of hydrogen-bond donors (Lipinski definition) is 2. The molecule has 1 aliphatic rings. The predicted octanol–water partition coefficient (Wildman–Crippen LogP) is 1.78. The highest BCUT2D eigenvalue weighted by Crippen LogP contribution is 2.31. The number of benzene rings is 1. The Kier molecular flexibility index (Phi) is 3.35. The molecule has 1 aromatic carbocycles. The van der Waals surface area contributed by atoms with E-state index < -0.39 is 17.4 Å². The summed E-state index contributed by atoms with van der Waals surface area (Å²) in [5, 5.41) is 19.6. The number of carboxylic acid groups (broad SMARTS) is 1. The molecule has 1 heterocycles. The van der Waals surface area contributed by atoms with E-state index in [1.165, 1.54) is 12.1 Å². The number of nitrogens with zero attached hydrogens (tertiary/aromatic N) is 2. The van der Waals surface area contributed by atoms with Gasteiger partial charge in [0.15, 0.2) is 5.84 Å². The van der Waals surface area contributed by atoms with Crippen molar-refractivity contribution < 1.29 is 19.9 Å². The average molecular weight is 276 g/mol. The van der Waals surface area contributed by atoms with Crippen molar-refractivity contribution in [2.45, 2.75) is 26.3 Å². The molecule has 1 aliphatic heterocycles. The molecule has 0 fully saturated rings. The number of aromatic carboxylic acids is 1. The summed E-state index contributed by atoms with van der Waals surface area (Å²) in [6, 6.07) is 6.13. The fourth-order valence-electron chi connectivity index (χ4n) is 2.04. The van der Waals surface area contributed by atoms with Crippen LogP contribution >= 0.6 is 0 Å². The highest BCUT2D eigenvalue weighted by molar-refractivity contribution is 6.17. The Bertz CT molecular complexity index is 609. The highest BCUT2D eigenvalue weighted by Gasteiger charge is 2.47. The van der Waals surface area contributed by atoms with Gasteiger partial charge >= 0.3 is 5.97 Å². The van der Waals surface area contributed by atoms with Crippen LogP contribution in [0.2, 0.25) is 0 Å². The summed E-state index contributed by atoms with van der Waals surface area (Å²) < 4.78 is 0. The zero-order valence-electron chi connectivity index (χ0n) is 11.5. The molecule has 0 saturated carbocycles. The van der Waals surface area contributed by atoms with Crippen LogP contribution < -0.4 is 0 Å². The second kappa shape index (κ2) is 4.72. The van der Waals surface area contributed by atoms with Gasteiger partial charge in [-0.3, -0.25) is 10.0 Å². The first-order valence-electron chi connectivity index (χ1n) is 6.25. The molecule has 1 atom stereocenters. The largest absolute Gasteiger partial charge is 0.478 e. The number of hydrogen-bond acceptors (Lipinski definition) is 4. The van der Waals surface area contributed by atoms with Crippen molar-refractivity contribution in [3.05, 3.63) is 35.4 Å². The lowest BCUT2D eigenvalue weighted by Crippen LogP contribution is -2.42. The van der Waals surface area contributed by atoms with Gasteiger partial charge in [-0.15, -0.1) is 0 Å². The van der Waals surface area contributed by atoms with Crippen molar-refractivity contribution in [1.29, 1.82) is 0 Å². The second-order valence-electron chi connectivity index (χ2n) is 5.21. The summed E-state index contributed by atoms with van der Waals surface area (Å²) in [6.07, 6.45) is 0. The third kappa shape index (κ3) is 1.98. The molecule has 20 heavy (non-hydrogen) atoms. The number of rotatable bonds is 3. The van der Waals surface area contributed by atoms with E-state index in [1.54, 1.807) is 19.1 Å². The monoisotopic (exact) mass is 276 g/mol. The SMILES string of the molecule is CC(C)C1(C)N=C(c2ccccc2C(=O)O)N(O)C1=O. The molecule has 0 bridgehead atoms. The number of amides is 1. The van der Waals surface area contributed by atoms with Gasteiger partial charge in [-0.05, 0) is 18.9 Å². The summed E-state index contributed by atoms with van der Waals surface area (Å²) in [7, 11) is 0. The Balaban J connectivity index is 2.59. The molecule has 0 aliphatic carbocycles. The van der Waals surface area contributed by atoms with Crippen LogP contribution in [0.5, 0.6) is 0 Å². The Hall–Kier alpha value is -2.21. The number of aliphatic imine (C=N–C) groups is 1. The van der Waals surface area contributed by atoms with Crippen LogP contribution in [0.4, 0.5) is 0 Å². The molecule has 1 unspecified atom stereocenters. The molecule has 6 nitrogen and oxygen atoms in total. The Morgan fingerprint density at radius 1 is 1.35 bits per heavy atom.